The first-order valence-electron chi connectivity index (χ1n) is 7.86. The number of carbonyl (C=O) groups excluding carboxylic acids is 2. The highest BCUT2D eigenvalue weighted by atomic mass is 16.2. The minimum atomic E-state index is -0.228. The number of carbonyl (C=O) groups is 2. The van der Waals surface area contributed by atoms with Gasteiger partial charge in [0.2, 0.25) is 0 Å². The summed E-state index contributed by atoms with van der Waals surface area (Å²) in [6.45, 7) is 9.84. The van der Waals surface area contributed by atoms with Gasteiger partial charge in [-0.1, -0.05) is 13.8 Å². The minimum absolute atomic E-state index is 0.0898. The van der Waals surface area contributed by atoms with Crippen molar-refractivity contribution in [1.29, 1.82) is 0 Å². The number of anilines is 1. The van der Waals surface area contributed by atoms with Gasteiger partial charge in [-0.15, -0.1) is 0 Å². The van der Waals surface area contributed by atoms with E-state index in [2.05, 4.69) is 16.0 Å². The summed E-state index contributed by atoms with van der Waals surface area (Å²) in [5, 5.41) is 8.59. The fourth-order valence-corrected chi connectivity index (χ4v) is 1.84. The van der Waals surface area contributed by atoms with Gasteiger partial charge in [-0.05, 0) is 57.4 Å². The normalized spacial score (nSPS) is 13.1. The van der Waals surface area contributed by atoms with E-state index >= 15 is 0 Å². The molecule has 0 aliphatic heterocycles. The van der Waals surface area contributed by atoms with Gasteiger partial charge in [0.1, 0.15) is 0 Å². The molecule has 122 valence electrons. The maximum atomic E-state index is 12.1. The average Bonchev–Trinajstić information content (AvgIpc) is 2.48. The maximum Gasteiger partial charge on any atom is 0.319 e. The van der Waals surface area contributed by atoms with E-state index in [1.165, 1.54) is 0 Å². The summed E-state index contributed by atoms with van der Waals surface area (Å²) in [5.74, 6) is -0.0898. The molecule has 3 amide bonds. The van der Waals surface area contributed by atoms with E-state index in [0.717, 1.165) is 18.4 Å². The molecule has 5 nitrogen and oxygen atoms in total. The second kappa shape index (κ2) is 8.41. The molecule has 22 heavy (non-hydrogen) atoms. The Bertz CT molecular complexity index is 529. The van der Waals surface area contributed by atoms with E-state index in [1.807, 2.05) is 34.6 Å². The van der Waals surface area contributed by atoms with Crippen molar-refractivity contribution in [2.75, 3.05) is 5.32 Å². The first-order chi connectivity index (χ1) is 10.4. The topological polar surface area (TPSA) is 70.2 Å². The van der Waals surface area contributed by atoms with Gasteiger partial charge in [0, 0.05) is 23.3 Å². The predicted octanol–water partition coefficient (Wildman–Crippen LogP) is 3.44. The summed E-state index contributed by atoms with van der Waals surface area (Å²) >= 11 is 0. The van der Waals surface area contributed by atoms with Gasteiger partial charge in [0.25, 0.3) is 5.91 Å². The molecule has 3 N–H and O–H groups in total. The van der Waals surface area contributed by atoms with Gasteiger partial charge in [-0.3, -0.25) is 4.79 Å². The van der Waals surface area contributed by atoms with E-state index in [4.69, 9.17) is 0 Å². The van der Waals surface area contributed by atoms with Crippen molar-refractivity contribution in [3.63, 3.8) is 0 Å². The van der Waals surface area contributed by atoms with Crippen molar-refractivity contribution >= 4 is 17.6 Å². The lowest BCUT2D eigenvalue weighted by atomic mass is 10.1. The molecule has 0 radical (unpaired) electrons. The molecule has 0 unspecified atom stereocenters. The molecule has 0 spiro atoms. The van der Waals surface area contributed by atoms with E-state index in [0.29, 0.717) is 11.3 Å². The minimum Gasteiger partial charge on any atom is -0.350 e. The molecule has 0 bridgehead atoms. The Labute approximate surface area is 132 Å². The number of hydrogen-bond donors (Lipinski definition) is 3. The zero-order valence-corrected chi connectivity index (χ0v) is 14.1. The molecule has 0 saturated heterocycles. The molecular weight excluding hydrogens is 278 g/mol. The van der Waals surface area contributed by atoms with Crippen LogP contribution in [0.25, 0.3) is 0 Å². The van der Waals surface area contributed by atoms with Crippen LogP contribution < -0.4 is 16.0 Å². The van der Waals surface area contributed by atoms with Gasteiger partial charge in [-0.2, -0.15) is 0 Å². The van der Waals surface area contributed by atoms with Gasteiger partial charge in [0.05, 0.1) is 0 Å². The molecule has 0 heterocycles. The Balaban J connectivity index is 2.73. The number of nitrogens with one attached hydrogen (secondary N) is 3. The molecule has 1 rings (SSSR count). The summed E-state index contributed by atoms with van der Waals surface area (Å²) in [7, 11) is 0. The van der Waals surface area contributed by atoms with Crippen molar-refractivity contribution in [3.8, 4) is 0 Å². The largest absolute Gasteiger partial charge is 0.350 e. The van der Waals surface area contributed by atoms with Crippen LogP contribution >= 0.6 is 0 Å². The van der Waals surface area contributed by atoms with Gasteiger partial charge in [0.15, 0.2) is 0 Å². The van der Waals surface area contributed by atoms with Crippen LogP contribution in [-0.2, 0) is 0 Å². The fraction of sp³-hybridized carbons (Fsp3) is 0.529. The third kappa shape index (κ3) is 5.39. The highest BCUT2D eigenvalue weighted by Crippen LogP contribution is 2.16. The molecule has 0 fully saturated rings. The smallest absolute Gasteiger partial charge is 0.319 e. The SMILES string of the molecule is CC[C@H](C)NC(=O)Nc1ccc(C(=O)N[C@@H](C)CC)cc1C. The van der Waals surface area contributed by atoms with Crippen molar-refractivity contribution in [2.24, 2.45) is 0 Å². The molecule has 2 atom stereocenters. The molecule has 0 aliphatic carbocycles. The van der Waals surface area contributed by atoms with E-state index < -0.39 is 0 Å². The third-order valence-corrected chi connectivity index (χ3v) is 3.72. The summed E-state index contributed by atoms with van der Waals surface area (Å²) in [5.41, 5.74) is 2.17. The van der Waals surface area contributed by atoms with E-state index in [1.54, 1.807) is 18.2 Å². The quantitative estimate of drug-likeness (QED) is 0.753. The van der Waals surface area contributed by atoms with Crippen LogP contribution in [0.2, 0.25) is 0 Å². The summed E-state index contributed by atoms with van der Waals surface area (Å²) in [6, 6.07) is 5.32. The average molecular weight is 305 g/mol. The number of aryl methyl sites for hydroxylation is 1. The Morgan fingerprint density at radius 2 is 1.64 bits per heavy atom. The number of benzene rings is 1. The third-order valence-electron chi connectivity index (χ3n) is 3.72. The van der Waals surface area contributed by atoms with Crippen molar-refractivity contribution < 1.29 is 9.59 Å². The number of rotatable bonds is 6. The molecule has 0 saturated carbocycles. The van der Waals surface area contributed by atoms with Gasteiger partial charge >= 0.3 is 6.03 Å². The molecule has 0 aliphatic rings. The first kappa shape index (κ1) is 18.0. The highest BCUT2D eigenvalue weighted by molar-refractivity contribution is 5.96. The van der Waals surface area contributed by atoms with Crippen LogP contribution in [0.5, 0.6) is 0 Å². The standard InChI is InChI=1S/C17H27N3O2/c1-6-12(4)18-16(21)14-8-9-15(11(3)10-14)20-17(22)19-13(5)7-2/h8-10,12-13H,6-7H2,1-5H3,(H,18,21)(H2,19,20,22)/t12-,13-/m0/s1. The van der Waals surface area contributed by atoms with Crippen LogP contribution in [0.1, 0.15) is 56.5 Å². The molecule has 1 aromatic rings. The van der Waals surface area contributed by atoms with Crippen molar-refractivity contribution in [1.82, 2.24) is 10.6 Å². The Morgan fingerprint density at radius 1 is 1.05 bits per heavy atom. The van der Waals surface area contributed by atoms with Crippen molar-refractivity contribution in [2.45, 2.75) is 59.5 Å². The second-order valence-electron chi connectivity index (χ2n) is 5.72. The lowest BCUT2D eigenvalue weighted by Crippen LogP contribution is -2.35. The predicted molar refractivity (Wildman–Crippen MR) is 90.3 cm³/mol. The first-order valence-corrected chi connectivity index (χ1v) is 7.86. The van der Waals surface area contributed by atoms with Crippen LogP contribution in [0.3, 0.4) is 0 Å². The van der Waals surface area contributed by atoms with Gasteiger partial charge in [-0.25, -0.2) is 4.79 Å². The molecule has 0 aromatic heterocycles. The van der Waals surface area contributed by atoms with Crippen LogP contribution in [-0.4, -0.2) is 24.0 Å². The monoisotopic (exact) mass is 305 g/mol. The van der Waals surface area contributed by atoms with Crippen LogP contribution in [0.15, 0.2) is 18.2 Å². The lowest BCUT2D eigenvalue weighted by molar-refractivity contribution is 0.0939. The summed E-state index contributed by atoms with van der Waals surface area (Å²) in [4.78, 5) is 23.9. The zero-order valence-electron chi connectivity index (χ0n) is 14.1. The van der Waals surface area contributed by atoms with Crippen LogP contribution in [0.4, 0.5) is 10.5 Å². The maximum absolute atomic E-state index is 12.1. The van der Waals surface area contributed by atoms with Crippen LogP contribution in [0, 0.1) is 6.92 Å². The summed E-state index contributed by atoms with van der Waals surface area (Å²) in [6.07, 6.45) is 1.77. The fourth-order valence-electron chi connectivity index (χ4n) is 1.84. The number of amides is 3. The van der Waals surface area contributed by atoms with E-state index in [9.17, 15) is 9.59 Å². The lowest BCUT2D eigenvalue weighted by Gasteiger charge is -2.15. The van der Waals surface area contributed by atoms with Gasteiger partial charge < -0.3 is 16.0 Å². The molecule has 1 aromatic carbocycles. The Hall–Kier alpha value is -2.04. The highest BCUT2D eigenvalue weighted by Gasteiger charge is 2.11. The van der Waals surface area contributed by atoms with E-state index in [-0.39, 0.29) is 24.0 Å². The number of urea groups is 1. The molecule has 5 heteroatoms. The van der Waals surface area contributed by atoms with Crippen molar-refractivity contribution in [3.05, 3.63) is 29.3 Å². The summed E-state index contributed by atoms with van der Waals surface area (Å²) < 4.78 is 0. The molecular formula is C17H27N3O2. The Morgan fingerprint density at radius 3 is 2.18 bits per heavy atom. The number of hydrogen-bond acceptors (Lipinski definition) is 2. The second-order valence-corrected chi connectivity index (χ2v) is 5.72. The zero-order chi connectivity index (χ0) is 16.7. The Kier molecular flexibility index (Phi) is 6.89.